The molecule has 3 rings (SSSR count). The van der Waals surface area contributed by atoms with Gasteiger partial charge in [-0.25, -0.2) is 4.79 Å². The molecule has 0 atom stereocenters. The fraction of sp³-hybridized carbons (Fsp3) is 0.211. The van der Waals surface area contributed by atoms with Crippen LogP contribution < -0.4 is 9.47 Å². The zero-order valence-corrected chi connectivity index (χ0v) is 14.8. The van der Waals surface area contributed by atoms with Crippen LogP contribution in [0.2, 0.25) is 0 Å². The first-order chi connectivity index (χ1) is 12.7. The smallest absolute Gasteiger partial charge is 0.361 e. The number of carbonyl (C=O) groups excluding carboxylic acids is 1. The van der Waals surface area contributed by atoms with E-state index in [1.54, 1.807) is 21.1 Å². The Morgan fingerprint density at radius 3 is 2.42 bits per heavy atom. The van der Waals surface area contributed by atoms with Gasteiger partial charge in [0.2, 0.25) is 0 Å². The minimum Gasteiger partial charge on any atom is -0.493 e. The Labute approximate surface area is 150 Å². The van der Waals surface area contributed by atoms with Crippen LogP contribution in [0.25, 0.3) is 22.4 Å². The van der Waals surface area contributed by atoms with Crippen molar-refractivity contribution in [3.8, 4) is 33.9 Å². The van der Waals surface area contributed by atoms with Crippen LogP contribution in [0.3, 0.4) is 0 Å². The van der Waals surface area contributed by atoms with Gasteiger partial charge >= 0.3 is 5.97 Å². The number of aromatic nitrogens is 3. The second-order valence-electron chi connectivity index (χ2n) is 5.39. The molecule has 0 fully saturated rings. The SMILES string of the molecule is CCOC(=O)c1n[nH]nc1-c1cccc(-c2ccc(OC)c(OC)c2)c1. The van der Waals surface area contributed by atoms with Crippen molar-refractivity contribution >= 4 is 5.97 Å². The maximum Gasteiger partial charge on any atom is 0.361 e. The summed E-state index contributed by atoms with van der Waals surface area (Å²) in [6, 6.07) is 13.3. The predicted octanol–water partition coefficient (Wildman–Crippen LogP) is 3.33. The lowest BCUT2D eigenvalue weighted by atomic mass is 10.0. The average molecular weight is 353 g/mol. The highest BCUT2D eigenvalue weighted by molar-refractivity contribution is 5.94. The number of ether oxygens (including phenoxy) is 3. The van der Waals surface area contributed by atoms with Gasteiger partial charge < -0.3 is 14.2 Å². The van der Waals surface area contributed by atoms with Crippen molar-refractivity contribution in [2.45, 2.75) is 6.92 Å². The molecular formula is C19H19N3O4. The van der Waals surface area contributed by atoms with Crippen molar-refractivity contribution in [1.82, 2.24) is 15.4 Å². The summed E-state index contributed by atoms with van der Waals surface area (Å²) in [4.78, 5) is 12.0. The molecule has 0 bridgehead atoms. The Morgan fingerprint density at radius 1 is 0.962 bits per heavy atom. The third-order valence-electron chi connectivity index (χ3n) is 3.87. The van der Waals surface area contributed by atoms with Crippen molar-refractivity contribution < 1.29 is 19.0 Å². The molecular weight excluding hydrogens is 334 g/mol. The molecule has 1 aromatic heterocycles. The molecule has 0 unspecified atom stereocenters. The topological polar surface area (TPSA) is 86.3 Å². The predicted molar refractivity (Wildman–Crippen MR) is 96.3 cm³/mol. The molecule has 7 heteroatoms. The number of hydrogen-bond donors (Lipinski definition) is 1. The van der Waals surface area contributed by atoms with Crippen LogP contribution in [0, 0.1) is 0 Å². The highest BCUT2D eigenvalue weighted by Gasteiger charge is 2.19. The standard InChI is InChI=1S/C19H19N3O4/c1-4-26-19(23)18-17(20-22-21-18)14-7-5-6-12(10-14)13-8-9-15(24-2)16(11-13)25-3/h5-11H,4H2,1-3H3,(H,20,21,22). The number of carbonyl (C=O) groups is 1. The van der Waals surface area contributed by atoms with E-state index in [1.807, 2.05) is 42.5 Å². The number of esters is 1. The number of aromatic amines is 1. The summed E-state index contributed by atoms with van der Waals surface area (Å²) in [5.74, 6) is 0.797. The third kappa shape index (κ3) is 3.37. The van der Waals surface area contributed by atoms with Gasteiger partial charge in [0.05, 0.1) is 20.8 Å². The molecule has 1 N–H and O–H groups in total. The zero-order chi connectivity index (χ0) is 18.5. The fourth-order valence-electron chi connectivity index (χ4n) is 2.64. The summed E-state index contributed by atoms with van der Waals surface area (Å²) < 4.78 is 15.7. The molecule has 7 nitrogen and oxygen atoms in total. The molecule has 3 aromatic rings. The van der Waals surface area contributed by atoms with E-state index in [4.69, 9.17) is 14.2 Å². The average Bonchev–Trinajstić information content (AvgIpc) is 3.17. The van der Waals surface area contributed by atoms with Gasteiger partial charge in [-0.15, -0.1) is 5.10 Å². The number of methoxy groups -OCH3 is 2. The van der Waals surface area contributed by atoms with E-state index in [-0.39, 0.29) is 12.3 Å². The second-order valence-corrected chi connectivity index (χ2v) is 5.39. The summed E-state index contributed by atoms with van der Waals surface area (Å²) >= 11 is 0. The van der Waals surface area contributed by atoms with Gasteiger partial charge in [0, 0.05) is 5.56 Å². The Kier molecular flexibility index (Phi) is 5.17. The zero-order valence-electron chi connectivity index (χ0n) is 14.8. The number of rotatable bonds is 6. The summed E-state index contributed by atoms with van der Waals surface area (Å²) in [5.41, 5.74) is 3.27. The molecule has 0 radical (unpaired) electrons. The quantitative estimate of drug-likeness (QED) is 0.684. The van der Waals surface area contributed by atoms with E-state index in [0.29, 0.717) is 17.2 Å². The van der Waals surface area contributed by atoms with Crippen molar-refractivity contribution in [3.05, 3.63) is 48.2 Å². The van der Waals surface area contributed by atoms with Crippen LogP contribution in [0.4, 0.5) is 0 Å². The van der Waals surface area contributed by atoms with Crippen LogP contribution in [0.15, 0.2) is 42.5 Å². The van der Waals surface area contributed by atoms with Gasteiger partial charge in [0.15, 0.2) is 17.2 Å². The lowest BCUT2D eigenvalue weighted by Gasteiger charge is -2.10. The Balaban J connectivity index is 2.00. The third-order valence-corrected chi connectivity index (χ3v) is 3.87. The van der Waals surface area contributed by atoms with Crippen LogP contribution in [-0.2, 0) is 4.74 Å². The minimum atomic E-state index is -0.507. The van der Waals surface area contributed by atoms with Gasteiger partial charge in [-0.3, -0.25) is 0 Å². The van der Waals surface area contributed by atoms with E-state index < -0.39 is 5.97 Å². The minimum absolute atomic E-state index is 0.163. The summed E-state index contributed by atoms with van der Waals surface area (Å²) in [6.07, 6.45) is 0. The van der Waals surface area contributed by atoms with Gasteiger partial charge in [-0.2, -0.15) is 10.3 Å². The van der Waals surface area contributed by atoms with Gasteiger partial charge in [-0.1, -0.05) is 24.3 Å². The molecule has 0 amide bonds. The molecule has 0 saturated carbocycles. The Hall–Kier alpha value is -3.35. The fourth-order valence-corrected chi connectivity index (χ4v) is 2.64. The number of benzene rings is 2. The first-order valence-corrected chi connectivity index (χ1v) is 8.08. The van der Waals surface area contributed by atoms with Crippen molar-refractivity contribution in [2.75, 3.05) is 20.8 Å². The van der Waals surface area contributed by atoms with Crippen molar-refractivity contribution in [3.63, 3.8) is 0 Å². The highest BCUT2D eigenvalue weighted by atomic mass is 16.5. The molecule has 2 aromatic carbocycles. The van der Waals surface area contributed by atoms with Crippen LogP contribution >= 0.6 is 0 Å². The van der Waals surface area contributed by atoms with Gasteiger partial charge in [0.25, 0.3) is 0 Å². The van der Waals surface area contributed by atoms with Crippen molar-refractivity contribution in [2.24, 2.45) is 0 Å². The highest BCUT2D eigenvalue weighted by Crippen LogP contribution is 2.33. The largest absolute Gasteiger partial charge is 0.493 e. The lowest BCUT2D eigenvalue weighted by Crippen LogP contribution is -2.06. The first kappa shape index (κ1) is 17.5. The summed E-state index contributed by atoms with van der Waals surface area (Å²) in [7, 11) is 3.19. The van der Waals surface area contributed by atoms with E-state index in [2.05, 4.69) is 15.4 Å². The number of nitrogens with zero attached hydrogens (tertiary/aromatic N) is 2. The van der Waals surface area contributed by atoms with Gasteiger partial charge in [-0.05, 0) is 36.2 Å². The number of hydrogen-bond acceptors (Lipinski definition) is 6. The first-order valence-electron chi connectivity index (χ1n) is 8.08. The van der Waals surface area contributed by atoms with Crippen molar-refractivity contribution in [1.29, 1.82) is 0 Å². The maximum atomic E-state index is 12.0. The van der Waals surface area contributed by atoms with Gasteiger partial charge in [0.1, 0.15) is 5.69 Å². The molecule has 1 heterocycles. The second kappa shape index (κ2) is 7.69. The maximum absolute atomic E-state index is 12.0. The Morgan fingerprint density at radius 2 is 1.69 bits per heavy atom. The van der Waals surface area contributed by atoms with Crippen LogP contribution in [0.5, 0.6) is 11.5 Å². The van der Waals surface area contributed by atoms with E-state index in [9.17, 15) is 4.79 Å². The molecule has 0 aliphatic rings. The van der Waals surface area contributed by atoms with E-state index in [1.165, 1.54) is 0 Å². The van der Waals surface area contributed by atoms with Crippen LogP contribution in [-0.4, -0.2) is 42.2 Å². The molecule has 0 aliphatic carbocycles. The summed E-state index contributed by atoms with van der Waals surface area (Å²) in [6.45, 7) is 2.02. The number of H-pyrrole nitrogens is 1. The monoisotopic (exact) mass is 353 g/mol. The lowest BCUT2D eigenvalue weighted by molar-refractivity contribution is 0.0520. The van der Waals surface area contributed by atoms with E-state index >= 15 is 0 Å². The molecule has 134 valence electrons. The van der Waals surface area contributed by atoms with E-state index in [0.717, 1.165) is 16.7 Å². The van der Waals surface area contributed by atoms with Crippen LogP contribution in [0.1, 0.15) is 17.4 Å². The molecule has 0 saturated heterocycles. The Bertz CT molecular complexity index is 921. The molecule has 0 spiro atoms. The molecule has 0 aliphatic heterocycles. The normalized spacial score (nSPS) is 10.4. The summed E-state index contributed by atoms with van der Waals surface area (Å²) in [5, 5.41) is 10.5. The molecule has 26 heavy (non-hydrogen) atoms. The number of nitrogens with one attached hydrogen (secondary N) is 1.